The van der Waals surface area contributed by atoms with Gasteiger partial charge in [-0.2, -0.15) is 5.10 Å². The Bertz CT molecular complexity index is 907. The first-order valence-electron chi connectivity index (χ1n) is 8.54. The molecule has 2 aromatic carbocycles. The monoisotopic (exact) mass is 380 g/mol. The molecule has 2 aromatic rings. The van der Waals surface area contributed by atoms with Crippen LogP contribution < -0.4 is 10.7 Å². The largest absolute Gasteiger partial charge is 0.326 e. The summed E-state index contributed by atoms with van der Waals surface area (Å²) in [4.78, 5) is 33.9. The third kappa shape index (κ3) is 7.20. The van der Waals surface area contributed by atoms with Crippen molar-refractivity contribution in [1.82, 2.24) is 5.43 Å². The van der Waals surface area contributed by atoms with E-state index in [1.165, 1.54) is 24.3 Å². The van der Waals surface area contributed by atoms with Gasteiger partial charge in [-0.3, -0.25) is 19.7 Å². The molecule has 0 atom stereocenters. The molecule has 0 fully saturated rings. The third-order valence-electron chi connectivity index (χ3n) is 3.59. The topological polar surface area (TPSA) is 114 Å². The van der Waals surface area contributed by atoms with E-state index in [-0.39, 0.29) is 18.5 Å². The molecule has 0 spiro atoms. The standard InChI is InChI=1S/C20H20N4O4/c1-15(10-11-16-6-3-2-4-7-16)22-23-20(26)13-12-19(25)21-17-8-5-9-18(14-17)24(27)28/h2-11,14H,12-13H2,1H3,(H,21,25)(H,23,26)/b11-10+,22-15?. The quantitative estimate of drug-likeness (QED) is 0.414. The van der Waals surface area contributed by atoms with E-state index in [1.54, 1.807) is 13.0 Å². The molecular weight excluding hydrogens is 360 g/mol. The van der Waals surface area contributed by atoms with Crippen LogP contribution in [0.3, 0.4) is 0 Å². The molecule has 2 rings (SSSR count). The highest BCUT2D eigenvalue weighted by atomic mass is 16.6. The smallest absolute Gasteiger partial charge is 0.271 e. The van der Waals surface area contributed by atoms with E-state index in [2.05, 4.69) is 15.8 Å². The Balaban J connectivity index is 1.77. The van der Waals surface area contributed by atoms with Crippen LogP contribution in [0.15, 0.2) is 65.8 Å². The number of nitro benzene ring substituents is 1. The molecule has 0 saturated carbocycles. The second-order valence-electron chi connectivity index (χ2n) is 5.89. The van der Waals surface area contributed by atoms with Crippen molar-refractivity contribution in [2.45, 2.75) is 19.8 Å². The summed E-state index contributed by atoms with van der Waals surface area (Å²) >= 11 is 0. The van der Waals surface area contributed by atoms with Crippen LogP contribution in [-0.2, 0) is 9.59 Å². The number of nitro groups is 1. The van der Waals surface area contributed by atoms with E-state index in [4.69, 9.17) is 0 Å². The van der Waals surface area contributed by atoms with Gasteiger partial charge in [-0.25, -0.2) is 5.43 Å². The fourth-order valence-corrected chi connectivity index (χ4v) is 2.17. The van der Waals surface area contributed by atoms with Crippen molar-refractivity contribution >= 4 is 35.0 Å². The van der Waals surface area contributed by atoms with Gasteiger partial charge >= 0.3 is 0 Å². The third-order valence-corrected chi connectivity index (χ3v) is 3.59. The number of hydrogen-bond acceptors (Lipinski definition) is 5. The number of hydrazone groups is 1. The second kappa shape index (κ2) is 10.4. The van der Waals surface area contributed by atoms with Crippen molar-refractivity contribution in [1.29, 1.82) is 0 Å². The van der Waals surface area contributed by atoms with Crippen LogP contribution in [0.2, 0.25) is 0 Å². The Morgan fingerprint density at radius 3 is 2.50 bits per heavy atom. The molecule has 144 valence electrons. The van der Waals surface area contributed by atoms with Gasteiger partial charge in [0.1, 0.15) is 0 Å². The minimum absolute atomic E-state index is 0.0556. The summed E-state index contributed by atoms with van der Waals surface area (Å²) < 4.78 is 0. The molecular formula is C20H20N4O4. The van der Waals surface area contributed by atoms with E-state index in [1.807, 2.05) is 36.4 Å². The van der Waals surface area contributed by atoms with Gasteiger partial charge in [0.05, 0.1) is 10.6 Å². The van der Waals surface area contributed by atoms with Gasteiger partial charge in [-0.15, -0.1) is 0 Å². The summed E-state index contributed by atoms with van der Waals surface area (Å²) in [5.41, 5.74) is 4.20. The Labute approximate surface area is 162 Å². The van der Waals surface area contributed by atoms with Gasteiger partial charge in [0.25, 0.3) is 5.69 Å². The molecule has 0 saturated heterocycles. The lowest BCUT2D eigenvalue weighted by atomic mass is 10.2. The van der Waals surface area contributed by atoms with Crippen LogP contribution in [0.1, 0.15) is 25.3 Å². The van der Waals surface area contributed by atoms with Crippen molar-refractivity contribution in [2.75, 3.05) is 5.32 Å². The fourth-order valence-electron chi connectivity index (χ4n) is 2.17. The lowest BCUT2D eigenvalue weighted by Crippen LogP contribution is -2.21. The summed E-state index contributed by atoms with van der Waals surface area (Å²) in [6, 6.07) is 15.3. The van der Waals surface area contributed by atoms with E-state index in [9.17, 15) is 19.7 Å². The van der Waals surface area contributed by atoms with Gasteiger partial charge in [0.2, 0.25) is 11.8 Å². The number of amides is 2. The molecule has 0 unspecified atom stereocenters. The van der Waals surface area contributed by atoms with Crippen LogP contribution in [-0.4, -0.2) is 22.4 Å². The van der Waals surface area contributed by atoms with Gasteiger partial charge in [0.15, 0.2) is 0 Å². The zero-order valence-corrected chi connectivity index (χ0v) is 15.3. The molecule has 2 N–H and O–H groups in total. The van der Waals surface area contributed by atoms with Gasteiger partial charge in [-0.05, 0) is 24.6 Å². The van der Waals surface area contributed by atoms with Crippen LogP contribution >= 0.6 is 0 Å². The first-order chi connectivity index (χ1) is 13.4. The van der Waals surface area contributed by atoms with Gasteiger partial charge < -0.3 is 5.32 Å². The normalized spacial score (nSPS) is 11.2. The number of hydrogen-bond donors (Lipinski definition) is 2. The van der Waals surface area contributed by atoms with Crippen molar-refractivity contribution in [3.05, 3.63) is 76.4 Å². The number of benzene rings is 2. The molecule has 0 bridgehead atoms. The second-order valence-corrected chi connectivity index (χ2v) is 5.89. The number of nitrogens with zero attached hydrogens (tertiary/aromatic N) is 2. The number of carbonyl (C=O) groups is 2. The Morgan fingerprint density at radius 2 is 1.79 bits per heavy atom. The molecule has 0 aliphatic heterocycles. The molecule has 28 heavy (non-hydrogen) atoms. The first-order valence-corrected chi connectivity index (χ1v) is 8.54. The number of non-ortho nitro benzene ring substituents is 1. The summed E-state index contributed by atoms with van der Waals surface area (Å²) in [7, 11) is 0. The number of allylic oxidation sites excluding steroid dienone is 1. The molecule has 0 aromatic heterocycles. The Morgan fingerprint density at radius 1 is 1.07 bits per heavy atom. The summed E-state index contributed by atoms with van der Waals surface area (Å²) in [6.45, 7) is 1.74. The number of nitrogens with one attached hydrogen (secondary N) is 2. The predicted molar refractivity (Wildman–Crippen MR) is 108 cm³/mol. The van der Waals surface area contributed by atoms with Gasteiger partial charge in [0, 0.05) is 30.7 Å². The average Bonchev–Trinajstić information content (AvgIpc) is 2.70. The van der Waals surface area contributed by atoms with Crippen molar-refractivity contribution in [2.24, 2.45) is 5.10 Å². The number of anilines is 1. The number of carbonyl (C=O) groups excluding carboxylic acids is 2. The van der Waals surface area contributed by atoms with Crippen molar-refractivity contribution in [3.8, 4) is 0 Å². The van der Waals surface area contributed by atoms with Crippen molar-refractivity contribution in [3.63, 3.8) is 0 Å². The maximum Gasteiger partial charge on any atom is 0.271 e. The maximum absolute atomic E-state index is 11.9. The molecule has 2 amide bonds. The van der Waals surface area contributed by atoms with Gasteiger partial charge in [-0.1, -0.05) is 42.5 Å². The predicted octanol–water partition coefficient (Wildman–Crippen LogP) is 3.52. The molecule has 8 heteroatoms. The minimum atomic E-state index is -0.546. The summed E-state index contributed by atoms with van der Waals surface area (Å²) in [6.07, 6.45) is 3.52. The van der Waals surface area contributed by atoms with E-state index in [0.717, 1.165) is 5.56 Å². The van der Waals surface area contributed by atoms with Crippen LogP contribution in [0.5, 0.6) is 0 Å². The minimum Gasteiger partial charge on any atom is -0.326 e. The molecule has 0 aliphatic rings. The number of rotatable bonds is 8. The Hall–Kier alpha value is -3.81. The van der Waals surface area contributed by atoms with Crippen LogP contribution in [0, 0.1) is 10.1 Å². The molecule has 8 nitrogen and oxygen atoms in total. The maximum atomic E-state index is 11.9. The highest BCUT2D eigenvalue weighted by Crippen LogP contribution is 2.17. The lowest BCUT2D eigenvalue weighted by molar-refractivity contribution is -0.384. The highest BCUT2D eigenvalue weighted by molar-refractivity contribution is 5.97. The summed E-state index contributed by atoms with van der Waals surface area (Å²) in [5.74, 6) is -0.818. The highest BCUT2D eigenvalue weighted by Gasteiger charge is 2.10. The van der Waals surface area contributed by atoms with E-state index in [0.29, 0.717) is 11.4 Å². The van der Waals surface area contributed by atoms with E-state index >= 15 is 0 Å². The molecule has 0 radical (unpaired) electrons. The SMILES string of the molecule is CC(/C=C/c1ccccc1)=NNC(=O)CCC(=O)Nc1cccc([N+](=O)[O-])c1. The lowest BCUT2D eigenvalue weighted by Gasteiger charge is -2.05. The van der Waals surface area contributed by atoms with E-state index < -0.39 is 16.7 Å². The van der Waals surface area contributed by atoms with Crippen LogP contribution in [0.25, 0.3) is 6.08 Å². The van der Waals surface area contributed by atoms with Crippen molar-refractivity contribution < 1.29 is 14.5 Å². The Kier molecular flexibility index (Phi) is 7.59. The van der Waals surface area contributed by atoms with Crippen LogP contribution in [0.4, 0.5) is 11.4 Å². The molecule has 0 heterocycles. The molecule has 0 aliphatic carbocycles. The zero-order chi connectivity index (χ0) is 20.4. The average molecular weight is 380 g/mol. The summed E-state index contributed by atoms with van der Waals surface area (Å²) in [5, 5.41) is 17.2. The fraction of sp³-hybridized carbons (Fsp3) is 0.150. The first kappa shape index (κ1) is 20.5. The zero-order valence-electron chi connectivity index (χ0n) is 15.3.